The highest BCUT2D eigenvalue weighted by Crippen LogP contribution is 2.03. The molecule has 64 valence electrons. The number of nitrogens with one attached hydrogen (secondary N) is 1. The minimum Gasteiger partial charge on any atom is -0.353 e. The van der Waals surface area contributed by atoms with Crippen molar-refractivity contribution in [3.05, 3.63) is 0 Å². The van der Waals surface area contributed by atoms with Crippen LogP contribution in [-0.2, 0) is 4.79 Å². The Balaban J connectivity index is 2.44. The number of hydrogen-bond acceptors (Lipinski definition) is 2. The van der Waals surface area contributed by atoms with Gasteiger partial charge in [-0.3, -0.25) is 9.69 Å². The Kier molecular flexibility index (Phi) is 3.33. The van der Waals surface area contributed by atoms with E-state index >= 15 is 0 Å². The Morgan fingerprint density at radius 3 is 3.18 bits per heavy atom. The molecule has 1 N–H and O–H groups in total. The van der Waals surface area contributed by atoms with E-state index in [2.05, 4.69) is 26.1 Å². The molecule has 3 nitrogen and oxygen atoms in total. The van der Waals surface area contributed by atoms with E-state index in [-0.39, 0.29) is 11.9 Å². The van der Waals surface area contributed by atoms with Gasteiger partial charge < -0.3 is 5.32 Å². The van der Waals surface area contributed by atoms with Crippen LogP contribution < -0.4 is 5.32 Å². The zero-order valence-electron chi connectivity index (χ0n) is 6.64. The number of amides is 1. The number of rotatable bonds is 2. The second kappa shape index (κ2) is 4.07. The van der Waals surface area contributed by atoms with Gasteiger partial charge in [0.25, 0.3) is 0 Å². The molecular formula is C7H13BrN2O. The van der Waals surface area contributed by atoms with Crippen LogP contribution in [0.15, 0.2) is 0 Å². The summed E-state index contributed by atoms with van der Waals surface area (Å²) in [4.78, 5) is 13.3. The second-order valence-corrected chi connectivity index (χ2v) is 3.48. The van der Waals surface area contributed by atoms with Crippen molar-refractivity contribution in [2.45, 2.75) is 13.0 Å². The highest BCUT2D eigenvalue weighted by atomic mass is 79.9. The summed E-state index contributed by atoms with van der Waals surface area (Å²) in [7, 11) is 0. The van der Waals surface area contributed by atoms with E-state index in [9.17, 15) is 4.79 Å². The van der Waals surface area contributed by atoms with Gasteiger partial charge >= 0.3 is 0 Å². The molecule has 4 heteroatoms. The van der Waals surface area contributed by atoms with E-state index in [4.69, 9.17) is 0 Å². The van der Waals surface area contributed by atoms with Crippen molar-refractivity contribution in [2.24, 2.45) is 0 Å². The minimum absolute atomic E-state index is 0.0429. The molecule has 0 spiro atoms. The number of alkyl halides is 1. The predicted molar refractivity (Wildman–Crippen MR) is 47.8 cm³/mol. The SMILES string of the molecule is CC1C(=O)NCCN1CCBr. The molecule has 1 fully saturated rings. The molecule has 0 saturated carbocycles. The molecule has 1 atom stereocenters. The van der Waals surface area contributed by atoms with Crippen LogP contribution in [0.3, 0.4) is 0 Å². The molecule has 1 aliphatic heterocycles. The topological polar surface area (TPSA) is 32.3 Å². The Labute approximate surface area is 75.3 Å². The number of carbonyl (C=O) groups excluding carboxylic acids is 1. The molecule has 0 aromatic carbocycles. The van der Waals surface area contributed by atoms with Crippen LogP contribution in [0.1, 0.15) is 6.92 Å². The first-order valence-corrected chi connectivity index (χ1v) is 4.95. The number of nitrogens with zero attached hydrogens (tertiary/aromatic N) is 1. The van der Waals surface area contributed by atoms with E-state index in [1.54, 1.807) is 0 Å². The highest BCUT2D eigenvalue weighted by Gasteiger charge is 2.23. The minimum atomic E-state index is 0.0429. The maximum absolute atomic E-state index is 11.1. The van der Waals surface area contributed by atoms with Crippen LogP contribution in [0, 0.1) is 0 Å². The molecule has 1 rings (SSSR count). The average molecular weight is 221 g/mol. The smallest absolute Gasteiger partial charge is 0.237 e. The standard InChI is InChI=1S/C7H13BrN2O/c1-6-7(11)9-3-5-10(6)4-2-8/h6H,2-5H2,1H3,(H,9,11). The van der Waals surface area contributed by atoms with Gasteiger partial charge in [0.2, 0.25) is 5.91 Å². The van der Waals surface area contributed by atoms with Gasteiger partial charge in [-0.05, 0) is 6.92 Å². The fourth-order valence-electron chi connectivity index (χ4n) is 1.24. The van der Waals surface area contributed by atoms with Crippen molar-refractivity contribution in [2.75, 3.05) is 25.0 Å². The van der Waals surface area contributed by atoms with E-state index in [0.29, 0.717) is 0 Å². The molecular weight excluding hydrogens is 208 g/mol. The normalized spacial score (nSPS) is 26.7. The van der Waals surface area contributed by atoms with Gasteiger partial charge in [0.05, 0.1) is 6.04 Å². The average Bonchev–Trinajstić information content (AvgIpc) is 1.99. The molecule has 11 heavy (non-hydrogen) atoms. The summed E-state index contributed by atoms with van der Waals surface area (Å²) in [5.41, 5.74) is 0. The molecule has 1 amide bonds. The number of carbonyl (C=O) groups is 1. The summed E-state index contributed by atoms with van der Waals surface area (Å²) in [6, 6.07) is 0.0429. The molecule has 0 aromatic heterocycles. The lowest BCUT2D eigenvalue weighted by atomic mass is 10.2. The number of hydrogen-bond donors (Lipinski definition) is 1. The van der Waals surface area contributed by atoms with E-state index < -0.39 is 0 Å². The van der Waals surface area contributed by atoms with Crippen LogP contribution in [0.25, 0.3) is 0 Å². The first-order valence-electron chi connectivity index (χ1n) is 3.83. The Hall–Kier alpha value is -0.0900. The maximum atomic E-state index is 11.1. The third-order valence-corrected chi connectivity index (χ3v) is 2.35. The van der Waals surface area contributed by atoms with Crippen LogP contribution in [0.4, 0.5) is 0 Å². The third kappa shape index (κ3) is 2.17. The van der Waals surface area contributed by atoms with Gasteiger partial charge in [-0.1, -0.05) is 15.9 Å². The molecule has 0 bridgehead atoms. The summed E-state index contributed by atoms with van der Waals surface area (Å²) in [5.74, 6) is 0.150. The van der Waals surface area contributed by atoms with Gasteiger partial charge in [-0.15, -0.1) is 0 Å². The van der Waals surface area contributed by atoms with Crippen LogP contribution in [0.2, 0.25) is 0 Å². The van der Waals surface area contributed by atoms with E-state index in [1.165, 1.54) is 0 Å². The summed E-state index contributed by atoms with van der Waals surface area (Å²) in [6.07, 6.45) is 0. The maximum Gasteiger partial charge on any atom is 0.237 e. The van der Waals surface area contributed by atoms with Crippen LogP contribution in [0.5, 0.6) is 0 Å². The first kappa shape index (κ1) is 9.00. The lowest BCUT2D eigenvalue weighted by Gasteiger charge is -2.31. The zero-order valence-corrected chi connectivity index (χ0v) is 8.23. The van der Waals surface area contributed by atoms with Crippen molar-refractivity contribution in [3.63, 3.8) is 0 Å². The molecule has 1 saturated heterocycles. The van der Waals surface area contributed by atoms with E-state index in [1.807, 2.05) is 6.92 Å². The van der Waals surface area contributed by atoms with Crippen molar-refractivity contribution >= 4 is 21.8 Å². The predicted octanol–water partition coefficient (Wildman–Crippen LogP) is 0.202. The van der Waals surface area contributed by atoms with Gasteiger partial charge in [-0.25, -0.2) is 0 Å². The van der Waals surface area contributed by atoms with Gasteiger partial charge in [0, 0.05) is 25.0 Å². The fraction of sp³-hybridized carbons (Fsp3) is 0.857. The Morgan fingerprint density at radius 1 is 1.82 bits per heavy atom. The van der Waals surface area contributed by atoms with Gasteiger partial charge in [0.15, 0.2) is 0 Å². The fourth-order valence-corrected chi connectivity index (χ4v) is 1.70. The summed E-state index contributed by atoms with van der Waals surface area (Å²) in [5, 5.41) is 3.76. The van der Waals surface area contributed by atoms with Crippen molar-refractivity contribution in [1.29, 1.82) is 0 Å². The van der Waals surface area contributed by atoms with E-state index in [0.717, 1.165) is 25.0 Å². The quantitative estimate of drug-likeness (QED) is 0.675. The highest BCUT2D eigenvalue weighted by molar-refractivity contribution is 9.09. The molecule has 1 aliphatic rings. The molecule has 0 aromatic rings. The first-order chi connectivity index (χ1) is 5.25. The number of halogens is 1. The molecule has 1 unspecified atom stereocenters. The Morgan fingerprint density at radius 2 is 2.55 bits per heavy atom. The molecule has 1 heterocycles. The van der Waals surface area contributed by atoms with Crippen molar-refractivity contribution in [1.82, 2.24) is 10.2 Å². The zero-order chi connectivity index (χ0) is 8.27. The van der Waals surface area contributed by atoms with Crippen molar-refractivity contribution < 1.29 is 4.79 Å². The summed E-state index contributed by atoms with van der Waals surface area (Å²) in [6.45, 7) is 4.65. The molecule has 0 aliphatic carbocycles. The Bertz CT molecular complexity index is 149. The lowest BCUT2D eigenvalue weighted by molar-refractivity contribution is -0.128. The van der Waals surface area contributed by atoms with Crippen LogP contribution in [-0.4, -0.2) is 41.8 Å². The monoisotopic (exact) mass is 220 g/mol. The van der Waals surface area contributed by atoms with Gasteiger partial charge in [-0.2, -0.15) is 0 Å². The third-order valence-electron chi connectivity index (χ3n) is 2.00. The summed E-state index contributed by atoms with van der Waals surface area (Å²) >= 11 is 3.36. The number of piperazine rings is 1. The van der Waals surface area contributed by atoms with Gasteiger partial charge in [0.1, 0.15) is 0 Å². The largest absolute Gasteiger partial charge is 0.353 e. The summed E-state index contributed by atoms with van der Waals surface area (Å²) < 4.78 is 0. The van der Waals surface area contributed by atoms with Crippen LogP contribution >= 0.6 is 15.9 Å². The van der Waals surface area contributed by atoms with Crippen molar-refractivity contribution in [3.8, 4) is 0 Å². The molecule has 0 radical (unpaired) electrons. The second-order valence-electron chi connectivity index (χ2n) is 2.69. The lowest BCUT2D eigenvalue weighted by Crippen LogP contribution is -2.54.